The molecule has 0 radical (unpaired) electrons. The van der Waals surface area contributed by atoms with Crippen molar-refractivity contribution in [1.29, 1.82) is 0 Å². The fourth-order valence-corrected chi connectivity index (χ4v) is 1.28. The lowest BCUT2D eigenvalue weighted by Crippen LogP contribution is -2.56. The number of hydrogen-bond acceptors (Lipinski definition) is 4. The summed E-state index contributed by atoms with van der Waals surface area (Å²) in [5, 5.41) is 7.16. The van der Waals surface area contributed by atoms with Crippen molar-refractivity contribution in [1.82, 2.24) is 20.9 Å². The van der Waals surface area contributed by atoms with Crippen LogP contribution in [0.25, 0.3) is 0 Å². The van der Waals surface area contributed by atoms with Crippen molar-refractivity contribution in [2.75, 3.05) is 33.2 Å². The first-order valence-corrected chi connectivity index (χ1v) is 4.73. The monoisotopic (exact) mass is 186 g/mol. The molecule has 5 nitrogen and oxygen atoms in total. The third-order valence-corrected chi connectivity index (χ3v) is 2.13. The standard InChI is InChI=1S/C8H18N4O/c1-3-8(13)10-11(2)12-6-4-9-5-7-12/h9H,3-7H2,1-2H3,(H,10,13). The molecule has 1 aliphatic rings. The number of piperazine rings is 1. The van der Waals surface area contributed by atoms with Crippen LogP contribution in [0.5, 0.6) is 0 Å². The summed E-state index contributed by atoms with van der Waals surface area (Å²) in [6, 6.07) is 0. The van der Waals surface area contributed by atoms with Gasteiger partial charge in [0.05, 0.1) is 0 Å². The van der Waals surface area contributed by atoms with Gasteiger partial charge in [0.25, 0.3) is 0 Å². The summed E-state index contributed by atoms with van der Waals surface area (Å²) in [5.41, 5.74) is 2.79. The minimum atomic E-state index is 0.0565. The molecular weight excluding hydrogens is 168 g/mol. The molecule has 1 rings (SSSR count). The zero-order chi connectivity index (χ0) is 9.68. The summed E-state index contributed by atoms with van der Waals surface area (Å²) in [7, 11) is 1.87. The second kappa shape index (κ2) is 5.16. The molecule has 2 N–H and O–H groups in total. The van der Waals surface area contributed by atoms with Gasteiger partial charge in [0.2, 0.25) is 5.91 Å². The van der Waals surface area contributed by atoms with E-state index in [1.807, 2.05) is 14.0 Å². The van der Waals surface area contributed by atoms with Crippen molar-refractivity contribution >= 4 is 5.91 Å². The maximum absolute atomic E-state index is 11.1. The minimum Gasteiger partial charge on any atom is -0.314 e. The molecule has 76 valence electrons. The molecule has 13 heavy (non-hydrogen) atoms. The fraction of sp³-hybridized carbons (Fsp3) is 0.875. The maximum Gasteiger partial charge on any atom is 0.235 e. The average Bonchev–Trinajstić information content (AvgIpc) is 2.19. The van der Waals surface area contributed by atoms with Gasteiger partial charge in [0.1, 0.15) is 0 Å². The summed E-state index contributed by atoms with van der Waals surface area (Å²) in [6.45, 7) is 5.70. The van der Waals surface area contributed by atoms with Crippen LogP contribution in [0.15, 0.2) is 0 Å². The van der Waals surface area contributed by atoms with E-state index in [1.165, 1.54) is 0 Å². The number of hydrogen-bond donors (Lipinski definition) is 2. The number of amides is 1. The normalized spacial score (nSPS) is 19.0. The summed E-state index contributed by atoms with van der Waals surface area (Å²) >= 11 is 0. The van der Waals surface area contributed by atoms with Crippen molar-refractivity contribution in [2.45, 2.75) is 13.3 Å². The van der Waals surface area contributed by atoms with E-state index in [2.05, 4.69) is 15.8 Å². The Labute approximate surface area is 79.0 Å². The first-order valence-electron chi connectivity index (χ1n) is 4.73. The Balaban J connectivity index is 2.28. The number of nitrogens with zero attached hydrogens (tertiary/aromatic N) is 2. The van der Waals surface area contributed by atoms with E-state index in [1.54, 1.807) is 5.12 Å². The van der Waals surface area contributed by atoms with Gasteiger partial charge in [0.15, 0.2) is 0 Å². The van der Waals surface area contributed by atoms with Gasteiger partial charge in [-0.1, -0.05) is 6.92 Å². The third kappa shape index (κ3) is 3.30. The van der Waals surface area contributed by atoms with Crippen LogP contribution in [0.4, 0.5) is 0 Å². The van der Waals surface area contributed by atoms with Crippen LogP contribution in [0.1, 0.15) is 13.3 Å². The van der Waals surface area contributed by atoms with Crippen molar-refractivity contribution < 1.29 is 4.79 Å². The highest BCUT2D eigenvalue weighted by atomic mass is 16.2. The molecule has 0 aromatic carbocycles. The number of carbonyl (C=O) groups is 1. The molecule has 0 bridgehead atoms. The van der Waals surface area contributed by atoms with Crippen LogP contribution >= 0.6 is 0 Å². The van der Waals surface area contributed by atoms with Crippen LogP contribution < -0.4 is 10.7 Å². The van der Waals surface area contributed by atoms with Gasteiger partial charge < -0.3 is 5.32 Å². The molecular formula is C8H18N4O. The zero-order valence-corrected chi connectivity index (χ0v) is 8.34. The highest BCUT2D eigenvalue weighted by molar-refractivity contribution is 5.74. The lowest BCUT2D eigenvalue weighted by atomic mass is 10.4. The highest BCUT2D eigenvalue weighted by Crippen LogP contribution is 1.94. The number of hydrazine groups is 2. The number of carbonyl (C=O) groups excluding carboxylic acids is 1. The largest absolute Gasteiger partial charge is 0.314 e. The molecule has 1 fully saturated rings. The summed E-state index contributed by atoms with van der Waals surface area (Å²) in [5.74, 6) is 0.0565. The molecule has 5 heteroatoms. The van der Waals surface area contributed by atoms with Crippen LogP contribution in [-0.2, 0) is 4.79 Å². The van der Waals surface area contributed by atoms with Crippen LogP contribution in [-0.4, -0.2) is 49.3 Å². The Kier molecular flexibility index (Phi) is 4.14. The van der Waals surface area contributed by atoms with Gasteiger partial charge in [-0.3, -0.25) is 10.2 Å². The van der Waals surface area contributed by atoms with Crippen molar-refractivity contribution in [3.63, 3.8) is 0 Å². The Bertz CT molecular complexity index is 168. The second-order valence-electron chi connectivity index (χ2n) is 3.12. The Morgan fingerprint density at radius 3 is 2.69 bits per heavy atom. The zero-order valence-electron chi connectivity index (χ0n) is 8.34. The first kappa shape index (κ1) is 10.4. The molecule has 0 spiro atoms. The van der Waals surface area contributed by atoms with Gasteiger partial charge in [-0.15, -0.1) is 0 Å². The number of nitrogens with one attached hydrogen (secondary N) is 2. The van der Waals surface area contributed by atoms with Gasteiger partial charge in [-0.05, 0) is 0 Å². The average molecular weight is 186 g/mol. The molecule has 0 atom stereocenters. The van der Waals surface area contributed by atoms with Gasteiger partial charge in [-0.25, -0.2) is 5.01 Å². The van der Waals surface area contributed by atoms with Crippen LogP contribution in [0.3, 0.4) is 0 Å². The SMILES string of the molecule is CCC(=O)NN(C)N1CCNCC1. The summed E-state index contributed by atoms with van der Waals surface area (Å²) in [6.07, 6.45) is 0.524. The molecule has 0 aromatic rings. The molecule has 1 aliphatic heterocycles. The van der Waals surface area contributed by atoms with E-state index >= 15 is 0 Å². The molecule has 0 saturated carbocycles. The Morgan fingerprint density at radius 2 is 2.15 bits per heavy atom. The van der Waals surface area contributed by atoms with E-state index in [0.29, 0.717) is 6.42 Å². The second-order valence-corrected chi connectivity index (χ2v) is 3.12. The molecule has 0 aliphatic carbocycles. The van der Waals surface area contributed by atoms with E-state index in [-0.39, 0.29) is 5.91 Å². The topological polar surface area (TPSA) is 47.6 Å². The minimum absolute atomic E-state index is 0.0565. The molecule has 1 amide bonds. The van der Waals surface area contributed by atoms with Crippen molar-refractivity contribution in [3.05, 3.63) is 0 Å². The van der Waals surface area contributed by atoms with Gasteiger partial charge >= 0.3 is 0 Å². The maximum atomic E-state index is 11.1. The summed E-state index contributed by atoms with van der Waals surface area (Å²) in [4.78, 5) is 11.1. The quantitative estimate of drug-likeness (QED) is 0.565. The van der Waals surface area contributed by atoms with E-state index < -0.39 is 0 Å². The van der Waals surface area contributed by atoms with Gasteiger partial charge in [0, 0.05) is 39.6 Å². The molecule has 0 unspecified atom stereocenters. The summed E-state index contributed by atoms with van der Waals surface area (Å²) < 4.78 is 0. The smallest absolute Gasteiger partial charge is 0.235 e. The Morgan fingerprint density at radius 1 is 1.54 bits per heavy atom. The predicted molar refractivity (Wildman–Crippen MR) is 50.6 cm³/mol. The third-order valence-electron chi connectivity index (χ3n) is 2.13. The Hall–Kier alpha value is -0.650. The van der Waals surface area contributed by atoms with E-state index in [4.69, 9.17) is 0 Å². The van der Waals surface area contributed by atoms with Crippen LogP contribution in [0, 0.1) is 0 Å². The molecule has 1 saturated heterocycles. The van der Waals surface area contributed by atoms with Crippen LogP contribution in [0.2, 0.25) is 0 Å². The molecule has 0 aromatic heterocycles. The van der Waals surface area contributed by atoms with E-state index in [9.17, 15) is 4.79 Å². The number of rotatable bonds is 3. The van der Waals surface area contributed by atoms with E-state index in [0.717, 1.165) is 26.2 Å². The first-order chi connectivity index (χ1) is 6.24. The molecule has 1 heterocycles. The van der Waals surface area contributed by atoms with Crippen molar-refractivity contribution in [2.24, 2.45) is 0 Å². The van der Waals surface area contributed by atoms with Gasteiger partial charge in [-0.2, -0.15) is 5.12 Å². The van der Waals surface area contributed by atoms with Crippen molar-refractivity contribution in [3.8, 4) is 0 Å². The predicted octanol–water partition coefficient (Wildman–Crippen LogP) is -0.820. The lowest BCUT2D eigenvalue weighted by Gasteiger charge is -2.34. The fourth-order valence-electron chi connectivity index (χ4n) is 1.28. The lowest BCUT2D eigenvalue weighted by molar-refractivity contribution is -0.135. The highest BCUT2D eigenvalue weighted by Gasteiger charge is 2.14.